The maximum absolute atomic E-state index is 9.68. The van der Waals surface area contributed by atoms with E-state index in [9.17, 15) is 5.11 Å². The molecule has 0 spiro atoms. The van der Waals surface area contributed by atoms with E-state index < -0.39 is 6.10 Å². The van der Waals surface area contributed by atoms with Gasteiger partial charge in [0.2, 0.25) is 0 Å². The minimum absolute atomic E-state index is 0.351. The summed E-state index contributed by atoms with van der Waals surface area (Å²) >= 11 is 0. The second-order valence-electron chi connectivity index (χ2n) is 5.26. The van der Waals surface area contributed by atoms with Gasteiger partial charge in [0.05, 0.1) is 38.6 Å². The van der Waals surface area contributed by atoms with Gasteiger partial charge in [-0.15, -0.1) is 0 Å². The molecule has 0 bridgehead atoms. The maximum Gasteiger partial charge on any atom is 0.0897 e. The molecule has 1 aliphatic rings. The van der Waals surface area contributed by atoms with Crippen molar-refractivity contribution >= 4 is 0 Å². The third-order valence-electron chi connectivity index (χ3n) is 3.45. The Balaban J connectivity index is 1.82. The van der Waals surface area contributed by atoms with E-state index in [0.29, 0.717) is 39.1 Å². The summed E-state index contributed by atoms with van der Waals surface area (Å²) in [6.07, 6.45) is 6.36. The molecule has 0 saturated heterocycles. The van der Waals surface area contributed by atoms with Crippen molar-refractivity contribution in [2.75, 3.05) is 46.1 Å². The van der Waals surface area contributed by atoms with Gasteiger partial charge in [0.25, 0.3) is 0 Å². The second-order valence-corrected chi connectivity index (χ2v) is 5.26. The zero-order chi connectivity index (χ0) is 14.5. The lowest BCUT2D eigenvalue weighted by Crippen LogP contribution is -2.33. The van der Waals surface area contributed by atoms with Crippen LogP contribution in [0.15, 0.2) is 0 Å². The van der Waals surface area contributed by atoms with E-state index in [4.69, 9.17) is 14.2 Å². The minimum atomic E-state index is -0.466. The lowest BCUT2D eigenvalue weighted by Gasteiger charge is -2.22. The highest BCUT2D eigenvalue weighted by Gasteiger charge is 2.13. The number of aliphatic hydroxyl groups excluding tert-OH is 1. The summed E-state index contributed by atoms with van der Waals surface area (Å²) in [5.41, 5.74) is 0. The standard InChI is InChI=1S/C15H31NO4/c1-2-18-10-11-19-13-14(17)12-16-8-9-20-15-6-4-3-5-7-15/h14-17H,2-13H2,1H3. The predicted octanol–water partition coefficient (Wildman–Crippen LogP) is 1.34. The molecule has 1 aliphatic carbocycles. The largest absolute Gasteiger partial charge is 0.389 e. The SMILES string of the molecule is CCOCCOCC(O)CNCCOC1CCCCC1. The molecule has 0 amide bonds. The number of hydrogen-bond acceptors (Lipinski definition) is 5. The van der Waals surface area contributed by atoms with Gasteiger partial charge < -0.3 is 24.6 Å². The number of rotatable bonds is 12. The van der Waals surface area contributed by atoms with Crippen molar-refractivity contribution in [3.63, 3.8) is 0 Å². The van der Waals surface area contributed by atoms with E-state index in [0.717, 1.165) is 13.2 Å². The van der Waals surface area contributed by atoms with Gasteiger partial charge in [-0.25, -0.2) is 0 Å². The fourth-order valence-corrected chi connectivity index (χ4v) is 2.34. The number of aliphatic hydroxyl groups is 1. The summed E-state index contributed by atoms with van der Waals surface area (Å²) < 4.78 is 16.2. The van der Waals surface area contributed by atoms with Crippen LogP contribution in [-0.2, 0) is 14.2 Å². The maximum atomic E-state index is 9.68. The van der Waals surface area contributed by atoms with Gasteiger partial charge >= 0.3 is 0 Å². The van der Waals surface area contributed by atoms with Gasteiger partial charge in [0, 0.05) is 19.7 Å². The molecular weight excluding hydrogens is 258 g/mol. The summed E-state index contributed by atoms with van der Waals surface area (Å²) in [4.78, 5) is 0. The number of hydrogen-bond donors (Lipinski definition) is 2. The molecule has 0 aromatic carbocycles. The first-order chi connectivity index (χ1) is 9.83. The van der Waals surface area contributed by atoms with Crippen molar-refractivity contribution in [3.05, 3.63) is 0 Å². The predicted molar refractivity (Wildman–Crippen MR) is 79.0 cm³/mol. The van der Waals surface area contributed by atoms with Gasteiger partial charge in [-0.3, -0.25) is 0 Å². The molecule has 0 aliphatic heterocycles. The molecule has 2 N–H and O–H groups in total. The molecular formula is C15H31NO4. The first-order valence-electron chi connectivity index (χ1n) is 7.98. The van der Waals surface area contributed by atoms with Gasteiger partial charge in [-0.1, -0.05) is 19.3 Å². The van der Waals surface area contributed by atoms with E-state index in [2.05, 4.69) is 5.32 Å². The minimum Gasteiger partial charge on any atom is -0.389 e. The molecule has 120 valence electrons. The lowest BCUT2D eigenvalue weighted by molar-refractivity contribution is 0.00384. The topological polar surface area (TPSA) is 60.0 Å². The van der Waals surface area contributed by atoms with Crippen LogP contribution in [0, 0.1) is 0 Å². The van der Waals surface area contributed by atoms with Crippen LogP contribution in [0.3, 0.4) is 0 Å². The van der Waals surface area contributed by atoms with Crippen LogP contribution >= 0.6 is 0 Å². The van der Waals surface area contributed by atoms with Crippen LogP contribution < -0.4 is 5.32 Å². The molecule has 0 radical (unpaired) electrons. The molecule has 1 fully saturated rings. The second kappa shape index (κ2) is 12.5. The van der Waals surface area contributed by atoms with Crippen LogP contribution in [-0.4, -0.2) is 63.4 Å². The smallest absolute Gasteiger partial charge is 0.0897 e. The lowest BCUT2D eigenvalue weighted by atomic mass is 9.98. The molecule has 0 aromatic heterocycles. The van der Waals surface area contributed by atoms with Crippen molar-refractivity contribution in [3.8, 4) is 0 Å². The van der Waals surface area contributed by atoms with Crippen LogP contribution in [0.25, 0.3) is 0 Å². The Hall–Kier alpha value is -0.200. The van der Waals surface area contributed by atoms with Crippen LogP contribution in [0.2, 0.25) is 0 Å². The van der Waals surface area contributed by atoms with Crippen molar-refractivity contribution in [1.29, 1.82) is 0 Å². The van der Waals surface area contributed by atoms with Gasteiger partial charge in [-0.2, -0.15) is 0 Å². The molecule has 5 heteroatoms. The summed E-state index contributed by atoms with van der Waals surface area (Å²) in [6, 6.07) is 0. The fourth-order valence-electron chi connectivity index (χ4n) is 2.34. The zero-order valence-electron chi connectivity index (χ0n) is 12.8. The van der Waals surface area contributed by atoms with Gasteiger partial charge in [-0.05, 0) is 19.8 Å². The van der Waals surface area contributed by atoms with Crippen LogP contribution in [0.5, 0.6) is 0 Å². The van der Waals surface area contributed by atoms with E-state index >= 15 is 0 Å². The third kappa shape index (κ3) is 9.66. The average Bonchev–Trinajstić information content (AvgIpc) is 2.48. The third-order valence-corrected chi connectivity index (χ3v) is 3.45. The highest BCUT2D eigenvalue weighted by Crippen LogP contribution is 2.19. The van der Waals surface area contributed by atoms with Crippen molar-refractivity contribution in [2.24, 2.45) is 0 Å². The molecule has 20 heavy (non-hydrogen) atoms. The quantitative estimate of drug-likeness (QED) is 0.531. The Kier molecular flexibility index (Phi) is 11.2. The molecule has 1 rings (SSSR count). The Morgan fingerprint density at radius 3 is 2.60 bits per heavy atom. The van der Waals surface area contributed by atoms with Crippen LogP contribution in [0.1, 0.15) is 39.0 Å². The zero-order valence-corrected chi connectivity index (χ0v) is 12.8. The highest BCUT2D eigenvalue weighted by molar-refractivity contribution is 4.65. The van der Waals surface area contributed by atoms with Crippen molar-refractivity contribution in [2.45, 2.75) is 51.2 Å². The normalized spacial score (nSPS) is 18.3. The summed E-state index contributed by atoms with van der Waals surface area (Å²) in [5.74, 6) is 0. The molecule has 1 unspecified atom stereocenters. The fraction of sp³-hybridized carbons (Fsp3) is 1.00. The molecule has 5 nitrogen and oxygen atoms in total. The van der Waals surface area contributed by atoms with Crippen molar-refractivity contribution < 1.29 is 19.3 Å². The monoisotopic (exact) mass is 289 g/mol. The first kappa shape index (κ1) is 17.9. The van der Waals surface area contributed by atoms with Gasteiger partial charge in [0.15, 0.2) is 0 Å². The van der Waals surface area contributed by atoms with Crippen LogP contribution in [0.4, 0.5) is 0 Å². The molecule has 1 atom stereocenters. The summed E-state index contributed by atoms with van der Waals surface area (Å²) in [6.45, 7) is 6.19. The van der Waals surface area contributed by atoms with E-state index in [1.54, 1.807) is 0 Å². The molecule has 1 saturated carbocycles. The Morgan fingerprint density at radius 1 is 1.10 bits per heavy atom. The Bertz CT molecular complexity index is 210. The van der Waals surface area contributed by atoms with Crippen molar-refractivity contribution in [1.82, 2.24) is 5.32 Å². The van der Waals surface area contributed by atoms with E-state index in [-0.39, 0.29) is 0 Å². The number of ether oxygens (including phenoxy) is 3. The summed E-state index contributed by atoms with van der Waals surface area (Å²) in [5, 5.41) is 12.9. The average molecular weight is 289 g/mol. The highest BCUT2D eigenvalue weighted by atomic mass is 16.5. The molecule has 0 heterocycles. The first-order valence-corrected chi connectivity index (χ1v) is 7.98. The van der Waals surface area contributed by atoms with Gasteiger partial charge in [0.1, 0.15) is 0 Å². The molecule has 0 aromatic rings. The Labute approximate surface area is 123 Å². The number of nitrogens with one attached hydrogen (secondary N) is 1. The summed E-state index contributed by atoms with van der Waals surface area (Å²) in [7, 11) is 0. The van der Waals surface area contributed by atoms with E-state index in [1.165, 1.54) is 32.1 Å². The van der Waals surface area contributed by atoms with E-state index in [1.807, 2.05) is 6.92 Å². The Morgan fingerprint density at radius 2 is 1.85 bits per heavy atom.